The second kappa shape index (κ2) is 8.42. The van der Waals surface area contributed by atoms with E-state index in [1.165, 1.54) is 11.3 Å². The van der Waals surface area contributed by atoms with Crippen molar-refractivity contribution in [2.75, 3.05) is 12.3 Å². The number of anilines is 1. The highest BCUT2D eigenvalue weighted by molar-refractivity contribution is 7.60. The van der Waals surface area contributed by atoms with Crippen molar-refractivity contribution in [3.8, 4) is 0 Å². The first kappa shape index (κ1) is 22.1. The van der Waals surface area contributed by atoms with Gasteiger partial charge in [-0.15, -0.1) is 0 Å². The SMILES string of the molecule is Cc1nc(C)c(C[n+]2csc(CCOP(=O)(O)OP(=O)([O-])O)c2C)c(N)n1. The summed E-state index contributed by atoms with van der Waals surface area (Å²) < 4.78 is 32.0. The molecule has 2 atom stereocenters. The van der Waals surface area contributed by atoms with Gasteiger partial charge in [-0.05, 0) is 13.8 Å². The molecule has 4 N–H and O–H groups in total. The number of phosphoric acid groups is 2. The molecule has 14 heteroatoms. The normalized spacial score (nSPS) is 16.1. The highest BCUT2D eigenvalue weighted by Crippen LogP contribution is 2.55. The summed E-state index contributed by atoms with van der Waals surface area (Å²) in [6.07, 6.45) is 0.241. The first-order valence-electron chi connectivity index (χ1n) is 7.66. The molecule has 0 radical (unpaired) electrons. The number of aromatic nitrogens is 3. The van der Waals surface area contributed by atoms with Gasteiger partial charge in [-0.1, -0.05) is 11.3 Å². The van der Waals surface area contributed by atoms with Crippen LogP contribution in [-0.2, 0) is 30.9 Å². The molecular weight excluding hydrogens is 418 g/mol. The standard InChI is InChI=1S/C13H20N4O7P2S/c1-8-11(13(14)16-10(3)15-8)6-17-7-27-12(9(17)2)4-5-23-26(21,22)24-25(18,19)20/h7H,4-6H2,1-3H3,(H4-,14,15,16,18,19,20,21,22). The lowest BCUT2D eigenvalue weighted by Crippen LogP contribution is -2.36. The lowest BCUT2D eigenvalue weighted by atomic mass is 10.2. The van der Waals surface area contributed by atoms with Crippen molar-refractivity contribution < 1.29 is 37.2 Å². The highest BCUT2D eigenvalue weighted by atomic mass is 32.1. The molecule has 2 unspecified atom stereocenters. The van der Waals surface area contributed by atoms with Crippen LogP contribution in [-0.4, -0.2) is 26.4 Å². The first-order chi connectivity index (χ1) is 12.4. The molecule has 0 saturated carbocycles. The molecule has 0 aromatic carbocycles. The van der Waals surface area contributed by atoms with Crippen LogP contribution < -0.4 is 15.2 Å². The minimum Gasteiger partial charge on any atom is -0.756 e. The first-order valence-corrected chi connectivity index (χ1v) is 11.5. The van der Waals surface area contributed by atoms with E-state index in [1.54, 1.807) is 6.92 Å². The predicted octanol–water partition coefficient (Wildman–Crippen LogP) is 0.518. The van der Waals surface area contributed by atoms with Crippen molar-refractivity contribution in [1.82, 2.24) is 9.97 Å². The van der Waals surface area contributed by atoms with Gasteiger partial charge in [-0.25, -0.2) is 18.8 Å². The van der Waals surface area contributed by atoms with Crippen molar-refractivity contribution in [2.24, 2.45) is 0 Å². The van der Waals surface area contributed by atoms with E-state index in [1.807, 2.05) is 23.9 Å². The summed E-state index contributed by atoms with van der Waals surface area (Å²) in [6.45, 7) is 5.67. The molecule has 11 nitrogen and oxygen atoms in total. The van der Waals surface area contributed by atoms with Gasteiger partial charge in [0.15, 0.2) is 12.2 Å². The number of rotatable bonds is 8. The fourth-order valence-electron chi connectivity index (χ4n) is 2.38. The van der Waals surface area contributed by atoms with Crippen molar-refractivity contribution in [1.29, 1.82) is 0 Å². The molecule has 0 amide bonds. The van der Waals surface area contributed by atoms with E-state index in [4.69, 9.17) is 10.6 Å². The van der Waals surface area contributed by atoms with Gasteiger partial charge in [-0.3, -0.25) is 9.09 Å². The van der Waals surface area contributed by atoms with Gasteiger partial charge < -0.3 is 20.4 Å². The Bertz CT molecular complexity index is 906. The van der Waals surface area contributed by atoms with E-state index >= 15 is 0 Å². The van der Waals surface area contributed by atoms with Gasteiger partial charge in [0, 0.05) is 13.3 Å². The summed E-state index contributed by atoms with van der Waals surface area (Å²) in [4.78, 5) is 37.5. The van der Waals surface area contributed by atoms with Crippen LogP contribution in [0.5, 0.6) is 0 Å². The Labute approximate surface area is 159 Å². The second-order valence-electron chi connectivity index (χ2n) is 5.68. The van der Waals surface area contributed by atoms with Crippen molar-refractivity contribution in [2.45, 2.75) is 33.7 Å². The van der Waals surface area contributed by atoms with Gasteiger partial charge in [0.2, 0.25) is 5.51 Å². The molecule has 0 spiro atoms. The van der Waals surface area contributed by atoms with Crippen LogP contribution in [0, 0.1) is 20.8 Å². The van der Waals surface area contributed by atoms with E-state index in [0.717, 1.165) is 21.8 Å². The van der Waals surface area contributed by atoms with E-state index in [-0.39, 0.29) is 13.0 Å². The summed E-state index contributed by atoms with van der Waals surface area (Å²) in [5.74, 6) is 1.01. The molecule has 150 valence electrons. The topological polar surface area (TPSA) is 172 Å². The summed E-state index contributed by atoms with van der Waals surface area (Å²) in [7, 11) is -10.3. The van der Waals surface area contributed by atoms with Crippen LogP contribution >= 0.6 is 27.0 Å². The minimum atomic E-state index is -5.37. The Balaban J connectivity index is 2.04. The molecule has 0 aliphatic heterocycles. The summed E-state index contributed by atoms with van der Waals surface area (Å²) >= 11 is 1.40. The number of nitrogen functional groups attached to an aromatic ring is 1. The Hall–Kier alpha value is -1.23. The fourth-order valence-corrected chi connectivity index (χ4v) is 4.91. The summed E-state index contributed by atoms with van der Waals surface area (Å²) in [5, 5.41) is 0. The third-order valence-electron chi connectivity index (χ3n) is 3.63. The Kier molecular flexibility index (Phi) is 6.88. The zero-order chi connectivity index (χ0) is 20.4. The lowest BCUT2D eigenvalue weighted by molar-refractivity contribution is -0.689. The maximum absolute atomic E-state index is 11.4. The maximum Gasteiger partial charge on any atom is 0.478 e. The van der Waals surface area contributed by atoms with E-state index in [9.17, 15) is 18.9 Å². The smallest absolute Gasteiger partial charge is 0.478 e. The monoisotopic (exact) mass is 438 g/mol. The van der Waals surface area contributed by atoms with Crippen molar-refractivity contribution in [3.63, 3.8) is 0 Å². The Morgan fingerprint density at radius 2 is 1.96 bits per heavy atom. The van der Waals surface area contributed by atoms with Crippen LogP contribution in [0.4, 0.5) is 5.82 Å². The predicted molar refractivity (Wildman–Crippen MR) is 94.7 cm³/mol. The molecule has 0 saturated heterocycles. The summed E-state index contributed by atoms with van der Waals surface area (Å²) in [5.41, 5.74) is 10.3. The number of thiazole rings is 1. The molecule has 2 aromatic rings. The van der Waals surface area contributed by atoms with Gasteiger partial charge in [0.1, 0.15) is 11.6 Å². The third kappa shape index (κ3) is 6.41. The molecule has 27 heavy (non-hydrogen) atoms. The number of aryl methyl sites for hydroxylation is 2. The van der Waals surface area contributed by atoms with Crippen LogP contribution in [0.15, 0.2) is 5.51 Å². The Morgan fingerprint density at radius 1 is 1.30 bits per heavy atom. The van der Waals surface area contributed by atoms with Gasteiger partial charge in [-0.2, -0.15) is 4.57 Å². The molecule has 0 aliphatic carbocycles. The van der Waals surface area contributed by atoms with E-state index in [2.05, 4.69) is 18.8 Å². The van der Waals surface area contributed by atoms with E-state index < -0.39 is 15.6 Å². The molecule has 0 fully saturated rings. The maximum atomic E-state index is 11.4. The van der Waals surface area contributed by atoms with Crippen molar-refractivity contribution >= 4 is 32.8 Å². The largest absolute Gasteiger partial charge is 0.756 e. The Morgan fingerprint density at radius 3 is 2.56 bits per heavy atom. The number of phosphoric ester groups is 1. The van der Waals surface area contributed by atoms with Crippen LogP contribution in [0.2, 0.25) is 0 Å². The van der Waals surface area contributed by atoms with Crippen LogP contribution in [0.3, 0.4) is 0 Å². The zero-order valence-electron chi connectivity index (χ0n) is 14.9. The number of hydrogen-bond acceptors (Lipinski definition) is 9. The van der Waals surface area contributed by atoms with Crippen molar-refractivity contribution in [3.05, 3.63) is 33.2 Å². The van der Waals surface area contributed by atoms with Crippen LogP contribution in [0.25, 0.3) is 0 Å². The zero-order valence-corrected chi connectivity index (χ0v) is 17.5. The lowest BCUT2D eigenvalue weighted by Gasteiger charge is -2.18. The molecule has 2 rings (SSSR count). The van der Waals surface area contributed by atoms with Gasteiger partial charge >= 0.3 is 7.82 Å². The molecule has 2 aromatic heterocycles. The van der Waals surface area contributed by atoms with Crippen LogP contribution in [0.1, 0.15) is 27.7 Å². The van der Waals surface area contributed by atoms with Gasteiger partial charge in [0.05, 0.1) is 22.7 Å². The third-order valence-corrected chi connectivity index (χ3v) is 6.94. The molecule has 0 bridgehead atoms. The molecule has 0 aliphatic rings. The highest BCUT2D eigenvalue weighted by Gasteiger charge is 2.27. The number of hydrogen-bond donors (Lipinski definition) is 3. The average Bonchev–Trinajstić information content (AvgIpc) is 2.81. The average molecular weight is 438 g/mol. The van der Waals surface area contributed by atoms with Gasteiger partial charge in [0.25, 0.3) is 7.82 Å². The minimum absolute atomic E-state index is 0.241. The number of nitrogens with two attached hydrogens (primary N) is 1. The quantitative estimate of drug-likeness (QED) is 0.390. The fraction of sp³-hybridized carbons (Fsp3) is 0.462. The summed E-state index contributed by atoms with van der Waals surface area (Å²) in [6, 6.07) is 0. The molecular formula is C13H20N4O7P2S. The molecule has 2 heterocycles. The van der Waals surface area contributed by atoms with E-state index in [0.29, 0.717) is 18.2 Å². The number of nitrogens with zero attached hydrogens (tertiary/aromatic N) is 3. The second-order valence-corrected chi connectivity index (χ2v) is 9.41.